The quantitative estimate of drug-likeness (QED) is 0.515. The van der Waals surface area contributed by atoms with Crippen molar-refractivity contribution in [2.24, 2.45) is 40.9 Å². The Morgan fingerprint density at radius 1 is 0.939 bits per heavy atom. The molecular weight excluding hydrogens is 478 g/mol. The summed E-state index contributed by atoms with van der Waals surface area (Å²) in [7, 11) is 1.51. The maximum atomic E-state index is 13.9. The van der Waals surface area contributed by atoms with Gasteiger partial charge >= 0.3 is 5.97 Å². The van der Waals surface area contributed by atoms with E-state index in [1.165, 1.54) is 7.11 Å². The van der Waals surface area contributed by atoms with Crippen LogP contribution in [-0.2, 0) is 9.53 Å². The summed E-state index contributed by atoms with van der Waals surface area (Å²) >= 11 is 3.59. The van der Waals surface area contributed by atoms with Gasteiger partial charge in [-0.2, -0.15) is 0 Å². The van der Waals surface area contributed by atoms with Crippen LogP contribution in [0.5, 0.6) is 0 Å². The molecule has 0 unspecified atom stereocenters. The Morgan fingerprint density at radius 3 is 2.24 bits per heavy atom. The fraction of sp³-hybridized carbons (Fsp3) is 0.357. The molecule has 0 saturated heterocycles. The average molecular weight is 500 g/mol. The number of fused-ring (bicyclic) bond motifs is 1. The monoisotopic (exact) mass is 499 g/mol. The van der Waals surface area contributed by atoms with Crippen molar-refractivity contribution >= 4 is 38.6 Å². The topological polar surface area (TPSA) is 55.4 Å². The normalized spacial score (nSPS) is 39.2. The molecule has 33 heavy (non-hydrogen) atoms. The standard InChI is InChI=1S/C28H22BrNO3/c1-12-16(13-6-4-3-5-7-13)10-14-8-9-15(29)11-17(14)18(12)25(31)30-28-22-19-23(28)21-24(28)20(22)27(19,21)26(32)33-2/h3-11,19-24H,1-2H3,(H,30,31). The summed E-state index contributed by atoms with van der Waals surface area (Å²) in [4.78, 5) is 26.3. The number of methoxy groups -OCH3 is 1. The molecule has 4 nitrogen and oxygen atoms in total. The highest BCUT2D eigenvalue weighted by atomic mass is 79.9. The number of hydrogen-bond acceptors (Lipinski definition) is 3. The molecule has 1 amide bonds. The van der Waals surface area contributed by atoms with Crippen LogP contribution in [-0.4, -0.2) is 24.5 Å². The molecule has 3 aromatic rings. The zero-order valence-corrected chi connectivity index (χ0v) is 19.8. The number of carbonyl (C=O) groups is 2. The minimum atomic E-state index is -0.179. The lowest BCUT2D eigenvalue weighted by Crippen LogP contribution is -3.16. The van der Waals surface area contributed by atoms with Crippen LogP contribution in [0.1, 0.15) is 15.9 Å². The molecule has 0 aromatic heterocycles. The first-order valence-electron chi connectivity index (χ1n) is 11.7. The number of halogens is 1. The number of nitrogens with one attached hydrogen (secondary N) is 1. The average Bonchev–Trinajstić information content (AvgIpc) is 2.84. The number of amides is 1. The highest BCUT2D eigenvalue weighted by Gasteiger charge is 3.12. The Morgan fingerprint density at radius 2 is 1.61 bits per heavy atom. The van der Waals surface area contributed by atoms with Crippen LogP contribution >= 0.6 is 15.9 Å². The van der Waals surface area contributed by atoms with Crippen molar-refractivity contribution in [1.82, 2.24) is 5.32 Å². The molecule has 6 aliphatic rings. The second-order valence-corrected chi connectivity index (χ2v) is 11.5. The lowest BCUT2D eigenvalue weighted by atomic mass is 8.94. The molecule has 1 N–H and O–H groups in total. The van der Waals surface area contributed by atoms with Gasteiger partial charge in [0.05, 0.1) is 23.6 Å². The van der Waals surface area contributed by atoms with Gasteiger partial charge in [0.2, 0.25) is 0 Å². The van der Waals surface area contributed by atoms with Gasteiger partial charge in [-0.05, 0) is 88.1 Å². The van der Waals surface area contributed by atoms with Crippen molar-refractivity contribution in [3.8, 4) is 11.1 Å². The third-order valence-corrected chi connectivity index (χ3v) is 10.7. The summed E-state index contributed by atoms with van der Waals surface area (Å²) in [6, 6.07) is 18.6. The van der Waals surface area contributed by atoms with Crippen LogP contribution in [0.3, 0.4) is 0 Å². The van der Waals surface area contributed by atoms with Gasteiger partial charge in [-0.25, -0.2) is 0 Å². The maximum Gasteiger partial charge on any atom is 0.312 e. The Hall–Kier alpha value is -2.66. The van der Waals surface area contributed by atoms with Gasteiger partial charge in [-0.1, -0.05) is 52.3 Å². The summed E-state index contributed by atoms with van der Waals surface area (Å²) < 4.78 is 6.11. The molecule has 0 atom stereocenters. The highest BCUT2D eigenvalue weighted by molar-refractivity contribution is 9.10. The molecule has 6 aliphatic carbocycles. The van der Waals surface area contributed by atoms with Gasteiger partial charge in [0, 0.05) is 4.47 Å². The predicted molar refractivity (Wildman–Crippen MR) is 127 cm³/mol. The molecule has 0 heterocycles. The molecule has 6 saturated carbocycles. The number of benzene rings is 3. The number of esters is 1. The lowest BCUT2D eigenvalue weighted by Gasteiger charge is -3.09. The van der Waals surface area contributed by atoms with Crippen LogP contribution in [0.4, 0.5) is 0 Å². The van der Waals surface area contributed by atoms with Gasteiger partial charge in [0.25, 0.3) is 5.91 Å². The van der Waals surface area contributed by atoms with Gasteiger partial charge in [-0.15, -0.1) is 0 Å². The minimum absolute atomic E-state index is 0.00636. The molecule has 0 aliphatic heterocycles. The molecule has 0 bridgehead atoms. The van der Waals surface area contributed by atoms with E-state index in [1.54, 1.807) is 0 Å². The summed E-state index contributed by atoms with van der Waals surface area (Å²) in [6.07, 6.45) is 0. The van der Waals surface area contributed by atoms with Crippen LogP contribution in [0.2, 0.25) is 0 Å². The van der Waals surface area contributed by atoms with Gasteiger partial charge in [-0.3, -0.25) is 9.59 Å². The van der Waals surface area contributed by atoms with Crippen molar-refractivity contribution in [3.63, 3.8) is 0 Å². The fourth-order valence-electron chi connectivity index (χ4n) is 9.30. The van der Waals surface area contributed by atoms with Crippen molar-refractivity contribution in [2.75, 3.05) is 7.11 Å². The van der Waals surface area contributed by atoms with E-state index >= 15 is 0 Å². The van der Waals surface area contributed by atoms with Crippen molar-refractivity contribution in [3.05, 3.63) is 70.2 Å². The van der Waals surface area contributed by atoms with E-state index in [9.17, 15) is 9.59 Å². The molecule has 9 rings (SSSR count). The van der Waals surface area contributed by atoms with Crippen LogP contribution in [0.25, 0.3) is 21.9 Å². The molecule has 164 valence electrons. The first-order valence-corrected chi connectivity index (χ1v) is 12.5. The van der Waals surface area contributed by atoms with Crippen LogP contribution < -0.4 is 5.32 Å². The Bertz CT molecular complexity index is 1390. The number of ether oxygens (including phenoxy) is 1. The predicted octanol–water partition coefficient (Wildman–Crippen LogP) is 4.97. The maximum absolute atomic E-state index is 13.9. The third kappa shape index (κ3) is 1.65. The van der Waals surface area contributed by atoms with Gasteiger partial charge in [0.1, 0.15) is 0 Å². The summed E-state index contributed by atoms with van der Waals surface area (Å²) in [5.41, 5.74) is 3.73. The molecule has 5 heteroatoms. The van der Waals surface area contributed by atoms with Gasteiger partial charge < -0.3 is 10.1 Å². The summed E-state index contributed by atoms with van der Waals surface area (Å²) in [5, 5.41) is 5.56. The molecule has 6 fully saturated rings. The highest BCUT2D eigenvalue weighted by Crippen LogP contribution is 3.07. The van der Waals surface area contributed by atoms with E-state index in [1.807, 2.05) is 24.3 Å². The molecule has 3 aromatic carbocycles. The molecule has 0 spiro atoms. The summed E-state index contributed by atoms with van der Waals surface area (Å²) in [5.74, 6) is 2.74. The fourth-order valence-corrected chi connectivity index (χ4v) is 9.66. The lowest BCUT2D eigenvalue weighted by molar-refractivity contribution is -0.609. The van der Waals surface area contributed by atoms with E-state index in [-0.39, 0.29) is 22.8 Å². The van der Waals surface area contributed by atoms with Crippen molar-refractivity contribution < 1.29 is 14.3 Å². The van der Waals surface area contributed by atoms with Gasteiger partial charge in [0.15, 0.2) is 0 Å². The molecule has 0 radical (unpaired) electrons. The smallest absolute Gasteiger partial charge is 0.312 e. The molecular formula is C28H22BrNO3. The number of carbonyl (C=O) groups excluding carboxylic acids is 2. The van der Waals surface area contributed by atoms with E-state index in [2.05, 4.69) is 58.5 Å². The van der Waals surface area contributed by atoms with Crippen LogP contribution in [0, 0.1) is 47.8 Å². The van der Waals surface area contributed by atoms with Crippen LogP contribution in [0.15, 0.2) is 59.1 Å². The van der Waals surface area contributed by atoms with Crippen molar-refractivity contribution in [1.29, 1.82) is 0 Å². The Labute approximate surface area is 199 Å². The minimum Gasteiger partial charge on any atom is -0.469 e. The second-order valence-electron chi connectivity index (χ2n) is 10.6. The first kappa shape index (κ1) is 18.7. The van der Waals surface area contributed by atoms with E-state index in [0.717, 1.165) is 37.5 Å². The Balaban J connectivity index is 1.19. The van der Waals surface area contributed by atoms with E-state index in [0.29, 0.717) is 35.5 Å². The largest absolute Gasteiger partial charge is 0.469 e. The second kappa shape index (κ2) is 5.52. The first-order chi connectivity index (χ1) is 16.0. The number of hydrogen-bond donors (Lipinski definition) is 1. The van der Waals surface area contributed by atoms with Crippen molar-refractivity contribution in [2.45, 2.75) is 12.5 Å². The zero-order chi connectivity index (χ0) is 22.4. The van der Waals surface area contributed by atoms with E-state index < -0.39 is 0 Å². The third-order valence-electron chi connectivity index (χ3n) is 10.2. The Kier molecular flexibility index (Phi) is 3.13. The zero-order valence-electron chi connectivity index (χ0n) is 18.3. The SMILES string of the molecule is COC(=O)C12C3C4C1C1C2C3C41NC(=O)c1c(C)c(-c2ccccc2)cc2ccc(Br)cc12. The summed E-state index contributed by atoms with van der Waals surface area (Å²) in [6.45, 7) is 2.06. The van der Waals surface area contributed by atoms with E-state index in [4.69, 9.17) is 4.74 Å². The number of rotatable bonds is 4.